The lowest BCUT2D eigenvalue weighted by molar-refractivity contribution is -0.118. The Balaban J connectivity index is 1.83. The molecule has 0 aliphatic heterocycles. The van der Waals surface area contributed by atoms with Crippen LogP contribution >= 0.6 is 11.3 Å². The lowest BCUT2D eigenvalue weighted by Crippen LogP contribution is -2.30. The summed E-state index contributed by atoms with van der Waals surface area (Å²) in [5.41, 5.74) is 3.32. The van der Waals surface area contributed by atoms with Crippen LogP contribution in [-0.2, 0) is 21.5 Å². The number of carbonyl (C=O) groups is 1. The van der Waals surface area contributed by atoms with Crippen LogP contribution in [0.15, 0.2) is 72.1 Å². The van der Waals surface area contributed by atoms with E-state index in [4.69, 9.17) is 9.54 Å². The van der Waals surface area contributed by atoms with E-state index in [1.807, 2.05) is 40.4 Å². The first-order valence-corrected chi connectivity index (χ1v) is 11.3. The van der Waals surface area contributed by atoms with E-state index in [9.17, 15) is 13.2 Å². The number of hydrogen-bond donors (Lipinski definition) is 3. The summed E-state index contributed by atoms with van der Waals surface area (Å²) in [6.07, 6.45) is 0.451. The minimum absolute atomic E-state index is 0.240. The number of nitrogens with one attached hydrogen (secondary N) is 2. The predicted molar refractivity (Wildman–Crippen MR) is 119 cm³/mol. The summed E-state index contributed by atoms with van der Waals surface area (Å²) in [5, 5.41) is 5.66. The van der Waals surface area contributed by atoms with Crippen LogP contribution < -0.4 is 10.0 Å². The number of aromatic nitrogens is 1. The molecule has 3 aromatic rings. The van der Waals surface area contributed by atoms with Crippen molar-refractivity contribution >= 4 is 33.2 Å². The third kappa shape index (κ3) is 5.99. The van der Waals surface area contributed by atoms with Crippen LogP contribution in [-0.4, -0.2) is 23.9 Å². The molecule has 3 rings (SSSR count). The second-order valence-corrected chi connectivity index (χ2v) is 8.77. The lowest BCUT2D eigenvalue weighted by Gasteiger charge is -2.17. The maximum atomic E-state index is 12.3. The van der Waals surface area contributed by atoms with Crippen LogP contribution in [0.5, 0.6) is 0 Å². The molecule has 0 saturated carbocycles. The molecular weight excluding hydrogens is 422 g/mol. The molecule has 2 aromatic carbocycles. The number of amides is 1. The van der Waals surface area contributed by atoms with Crippen molar-refractivity contribution in [2.24, 2.45) is 0 Å². The molecule has 0 aliphatic carbocycles. The van der Waals surface area contributed by atoms with Gasteiger partial charge < -0.3 is 5.32 Å². The summed E-state index contributed by atoms with van der Waals surface area (Å²) in [6.45, 7) is 5.33. The standard InChI is InChI=1S/C21H21N3O4S2/c1-14(2)20(25)22-18(12-15-8-10-17(11-9-15)24-30(26,27)28)21-23-19(13-29-21)16-6-4-3-5-7-16/h3-11,13,18,24H,1,12H2,2H3,(H,22,25)(H,26,27,28)/t18-/m0/s1. The summed E-state index contributed by atoms with van der Waals surface area (Å²) >= 11 is 1.46. The van der Waals surface area contributed by atoms with Crippen LogP contribution in [0.2, 0.25) is 0 Å². The van der Waals surface area contributed by atoms with Gasteiger partial charge in [0.05, 0.1) is 17.4 Å². The second kappa shape index (κ2) is 9.21. The number of anilines is 1. The average Bonchev–Trinajstić information content (AvgIpc) is 3.18. The van der Waals surface area contributed by atoms with Crippen LogP contribution in [0, 0.1) is 0 Å². The predicted octanol–water partition coefficient (Wildman–Crippen LogP) is 4.00. The van der Waals surface area contributed by atoms with E-state index in [2.05, 4.69) is 11.9 Å². The zero-order chi connectivity index (χ0) is 21.7. The number of hydrogen-bond acceptors (Lipinski definition) is 5. The first kappa shape index (κ1) is 21.7. The number of carbonyl (C=O) groups excluding carboxylic acids is 1. The van der Waals surface area contributed by atoms with Crippen molar-refractivity contribution in [1.82, 2.24) is 10.3 Å². The Hall–Kier alpha value is -3.01. The molecule has 1 heterocycles. The van der Waals surface area contributed by atoms with Gasteiger partial charge in [-0.25, -0.2) is 4.98 Å². The van der Waals surface area contributed by atoms with Crippen molar-refractivity contribution in [2.75, 3.05) is 4.72 Å². The van der Waals surface area contributed by atoms with Gasteiger partial charge in [-0.15, -0.1) is 11.3 Å². The number of benzene rings is 2. The zero-order valence-electron chi connectivity index (χ0n) is 16.2. The summed E-state index contributed by atoms with van der Waals surface area (Å²) in [4.78, 5) is 17.0. The van der Waals surface area contributed by atoms with Gasteiger partial charge >= 0.3 is 10.3 Å². The molecule has 156 valence electrons. The second-order valence-electron chi connectivity index (χ2n) is 6.72. The Morgan fingerprint density at radius 3 is 2.43 bits per heavy atom. The largest absolute Gasteiger partial charge is 0.357 e. The zero-order valence-corrected chi connectivity index (χ0v) is 17.8. The van der Waals surface area contributed by atoms with E-state index < -0.39 is 10.3 Å². The molecule has 3 N–H and O–H groups in total. The van der Waals surface area contributed by atoms with Gasteiger partial charge in [-0.05, 0) is 31.0 Å². The Bertz CT molecular complexity index is 1140. The highest BCUT2D eigenvalue weighted by Crippen LogP contribution is 2.28. The minimum Gasteiger partial charge on any atom is -0.343 e. The topological polar surface area (TPSA) is 108 Å². The smallest absolute Gasteiger partial charge is 0.343 e. The molecule has 1 atom stereocenters. The minimum atomic E-state index is -4.33. The molecule has 30 heavy (non-hydrogen) atoms. The monoisotopic (exact) mass is 443 g/mol. The SMILES string of the molecule is C=C(C)C(=O)N[C@@H](Cc1ccc(NS(=O)(=O)O)cc1)c1nc(-c2ccccc2)cs1. The molecule has 1 aromatic heterocycles. The highest BCUT2D eigenvalue weighted by molar-refractivity contribution is 7.87. The number of nitrogens with zero attached hydrogens (tertiary/aromatic N) is 1. The molecule has 0 radical (unpaired) electrons. The number of rotatable bonds is 8. The van der Waals surface area contributed by atoms with E-state index >= 15 is 0 Å². The third-order valence-electron chi connectivity index (χ3n) is 4.22. The Labute approximate surface area is 179 Å². The quantitative estimate of drug-likeness (QED) is 0.360. The van der Waals surface area contributed by atoms with Crippen molar-refractivity contribution in [3.8, 4) is 11.3 Å². The Morgan fingerprint density at radius 2 is 1.83 bits per heavy atom. The molecule has 1 amide bonds. The highest BCUT2D eigenvalue weighted by atomic mass is 32.2. The van der Waals surface area contributed by atoms with E-state index in [0.717, 1.165) is 21.8 Å². The van der Waals surface area contributed by atoms with Crippen LogP contribution in [0.1, 0.15) is 23.5 Å². The van der Waals surface area contributed by atoms with Crippen molar-refractivity contribution in [1.29, 1.82) is 0 Å². The highest BCUT2D eigenvalue weighted by Gasteiger charge is 2.20. The fraction of sp³-hybridized carbons (Fsp3) is 0.143. The van der Waals surface area contributed by atoms with E-state index in [1.54, 1.807) is 19.1 Å². The summed E-state index contributed by atoms with van der Waals surface area (Å²) in [7, 11) is -4.33. The molecule has 0 bridgehead atoms. The van der Waals surface area contributed by atoms with Crippen LogP contribution in [0.3, 0.4) is 0 Å². The molecule has 0 spiro atoms. The number of thiazole rings is 1. The first-order chi connectivity index (χ1) is 14.2. The molecule has 9 heteroatoms. The van der Waals surface area contributed by atoms with Gasteiger partial charge in [0, 0.05) is 16.5 Å². The normalized spacial score (nSPS) is 12.2. The summed E-state index contributed by atoms with van der Waals surface area (Å²) in [6, 6.07) is 15.9. The van der Waals surface area contributed by atoms with Crippen molar-refractivity contribution in [2.45, 2.75) is 19.4 Å². The summed E-state index contributed by atoms with van der Waals surface area (Å²) < 4.78 is 32.7. The Kier molecular flexibility index (Phi) is 6.66. The molecule has 0 unspecified atom stereocenters. The van der Waals surface area contributed by atoms with Gasteiger partial charge in [0.25, 0.3) is 0 Å². The summed E-state index contributed by atoms with van der Waals surface area (Å²) in [5.74, 6) is -0.263. The van der Waals surface area contributed by atoms with Gasteiger partial charge in [-0.2, -0.15) is 8.42 Å². The van der Waals surface area contributed by atoms with Crippen molar-refractivity contribution in [3.63, 3.8) is 0 Å². The van der Waals surface area contributed by atoms with Crippen LogP contribution in [0.25, 0.3) is 11.3 Å². The molecule has 0 fully saturated rings. The van der Waals surface area contributed by atoms with Gasteiger partial charge in [0.15, 0.2) is 0 Å². The maximum Gasteiger partial charge on any atom is 0.357 e. The fourth-order valence-electron chi connectivity index (χ4n) is 2.76. The van der Waals surface area contributed by atoms with Crippen LogP contribution in [0.4, 0.5) is 5.69 Å². The van der Waals surface area contributed by atoms with E-state index in [-0.39, 0.29) is 17.6 Å². The van der Waals surface area contributed by atoms with E-state index in [0.29, 0.717) is 12.0 Å². The third-order valence-corrected chi connectivity index (χ3v) is 5.68. The van der Waals surface area contributed by atoms with Gasteiger partial charge in [0.2, 0.25) is 5.91 Å². The molecule has 0 saturated heterocycles. The Morgan fingerprint density at radius 1 is 1.17 bits per heavy atom. The molecular formula is C21H21N3O4S2. The maximum absolute atomic E-state index is 12.3. The molecule has 7 nitrogen and oxygen atoms in total. The van der Waals surface area contributed by atoms with E-state index in [1.165, 1.54) is 23.5 Å². The van der Waals surface area contributed by atoms with Gasteiger partial charge in [-0.3, -0.25) is 14.1 Å². The van der Waals surface area contributed by atoms with Crippen molar-refractivity contribution in [3.05, 3.63) is 82.7 Å². The van der Waals surface area contributed by atoms with Crippen molar-refractivity contribution < 1.29 is 17.8 Å². The van der Waals surface area contributed by atoms with Gasteiger partial charge in [0.1, 0.15) is 5.01 Å². The lowest BCUT2D eigenvalue weighted by atomic mass is 10.1. The first-order valence-electron chi connectivity index (χ1n) is 9.02. The average molecular weight is 444 g/mol. The van der Waals surface area contributed by atoms with Gasteiger partial charge in [-0.1, -0.05) is 49.0 Å². The fourth-order valence-corrected chi connectivity index (χ4v) is 4.08. The molecule has 0 aliphatic rings.